The van der Waals surface area contributed by atoms with Crippen molar-refractivity contribution in [2.75, 3.05) is 18.0 Å². The quantitative estimate of drug-likeness (QED) is 0.860. The van der Waals surface area contributed by atoms with Crippen molar-refractivity contribution in [1.29, 1.82) is 0 Å². The van der Waals surface area contributed by atoms with Gasteiger partial charge >= 0.3 is 0 Å². The molecular weight excluding hydrogens is 294 g/mol. The molecule has 23 heavy (non-hydrogen) atoms. The summed E-state index contributed by atoms with van der Waals surface area (Å²) in [4.78, 5) is 18.1. The van der Waals surface area contributed by atoms with Crippen molar-refractivity contribution < 1.29 is 9.90 Å². The van der Waals surface area contributed by atoms with Gasteiger partial charge in [0.15, 0.2) is 5.82 Å². The number of piperidine rings is 1. The molecule has 1 fully saturated rings. The van der Waals surface area contributed by atoms with E-state index in [-0.39, 0.29) is 11.9 Å². The second-order valence-corrected chi connectivity index (χ2v) is 5.63. The molecule has 0 radical (unpaired) electrons. The number of β-amino-alcohol motifs (C(OH)–C–C–N with tert-alkyl or cyclic N) is 1. The van der Waals surface area contributed by atoms with Crippen molar-refractivity contribution >= 4 is 11.7 Å². The Hall–Kier alpha value is -2.54. The van der Waals surface area contributed by atoms with Gasteiger partial charge in [-0.2, -0.15) is 5.10 Å². The summed E-state index contributed by atoms with van der Waals surface area (Å²) in [5.74, 6) is 0.474. The summed E-state index contributed by atoms with van der Waals surface area (Å²) in [6, 6.07) is 8.66. The minimum Gasteiger partial charge on any atom is -0.389 e. The Morgan fingerprint density at radius 1 is 1.30 bits per heavy atom. The number of rotatable bonds is 3. The first-order valence-corrected chi connectivity index (χ1v) is 7.59. The summed E-state index contributed by atoms with van der Waals surface area (Å²) < 4.78 is 0. The lowest BCUT2D eigenvalue weighted by atomic mass is 10.0. The van der Waals surface area contributed by atoms with Crippen LogP contribution in [0.4, 0.5) is 5.82 Å². The van der Waals surface area contributed by atoms with Crippen LogP contribution in [0.1, 0.15) is 22.6 Å². The SMILES string of the molecule is Cc1ccc(N2CCC(NC(=O)c3ccccn3)C(O)C2)nn1. The molecule has 0 saturated carbocycles. The van der Waals surface area contributed by atoms with Crippen LogP contribution in [0.5, 0.6) is 0 Å². The maximum Gasteiger partial charge on any atom is 0.270 e. The number of anilines is 1. The van der Waals surface area contributed by atoms with Crippen LogP contribution in [0.3, 0.4) is 0 Å². The number of pyridine rings is 1. The first kappa shape index (κ1) is 15.4. The van der Waals surface area contributed by atoms with E-state index in [1.807, 2.05) is 24.0 Å². The zero-order valence-electron chi connectivity index (χ0n) is 12.9. The summed E-state index contributed by atoms with van der Waals surface area (Å²) >= 11 is 0. The molecule has 3 heterocycles. The molecule has 0 aliphatic carbocycles. The number of carbonyl (C=O) groups excluding carboxylic acids is 1. The van der Waals surface area contributed by atoms with Crippen LogP contribution in [-0.4, -0.2) is 51.4 Å². The van der Waals surface area contributed by atoms with Crippen LogP contribution in [0.15, 0.2) is 36.5 Å². The number of hydrogen-bond acceptors (Lipinski definition) is 6. The Kier molecular flexibility index (Phi) is 4.47. The Morgan fingerprint density at radius 2 is 2.17 bits per heavy atom. The lowest BCUT2D eigenvalue weighted by Gasteiger charge is -2.36. The highest BCUT2D eigenvalue weighted by atomic mass is 16.3. The number of aryl methyl sites for hydroxylation is 1. The van der Waals surface area contributed by atoms with Gasteiger partial charge in [-0.15, -0.1) is 5.10 Å². The predicted molar refractivity (Wildman–Crippen MR) is 85.1 cm³/mol. The highest BCUT2D eigenvalue weighted by Gasteiger charge is 2.30. The van der Waals surface area contributed by atoms with Gasteiger partial charge in [0, 0.05) is 19.3 Å². The Balaban J connectivity index is 1.60. The van der Waals surface area contributed by atoms with Crippen molar-refractivity contribution in [2.45, 2.75) is 25.5 Å². The third-order valence-corrected chi connectivity index (χ3v) is 3.90. The molecule has 1 aliphatic rings. The summed E-state index contributed by atoms with van der Waals surface area (Å²) in [6.45, 7) is 2.98. The maximum absolute atomic E-state index is 12.1. The van der Waals surface area contributed by atoms with E-state index < -0.39 is 6.10 Å². The molecular formula is C16H19N5O2. The minimum atomic E-state index is -0.667. The maximum atomic E-state index is 12.1. The van der Waals surface area contributed by atoms with Crippen molar-refractivity contribution in [2.24, 2.45) is 0 Å². The molecule has 1 saturated heterocycles. The zero-order chi connectivity index (χ0) is 16.2. The van der Waals surface area contributed by atoms with E-state index in [1.54, 1.807) is 24.4 Å². The van der Waals surface area contributed by atoms with Gasteiger partial charge in [-0.05, 0) is 37.6 Å². The van der Waals surface area contributed by atoms with Gasteiger partial charge in [-0.1, -0.05) is 6.07 Å². The van der Waals surface area contributed by atoms with Gasteiger partial charge in [0.05, 0.1) is 17.8 Å². The fourth-order valence-electron chi connectivity index (χ4n) is 2.61. The van der Waals surface area contributed by atoms with Gasteiger partial charge in [-0.25, -0.2) is 0 Å². The Morgan fingerprint density at radius 3 is 2.83 bits per heavy atom. The van der Waals surface area contributed by atoms with Crippen LogP contribution >= 0.6 is 0 Å². The summed E-state index contributed by atoms with van der Waals surface area (Å²) in [6.07, 6.45) is 1.54. The van der Waals surface area contributed by atoms with E-state index in [1.165, 1.54) is 0 Å². The standard InChI is InChI=1S/C16H19N5O2/c1-11-5-6-15(20-19-11)21-9-7-12(14(22)10-21)18-16(23)13-4-2-3-8-17-13/h2-6,8,12,14,22H,7,9-10H2,1H3,(H,18,23). The first-order valence-electron chi connectivity index (χ1n) is 7.59. The van der Waals surface area contributed by atoms with E-state index in [0.717, 1.165) is 11.5 Å². The van der Waals surface area contributed by atoms with E-state index in [4.69, 9.17) is 0 Å². The lowest BCUT2D eigenvalue weighted by Crippen LogP contribution is -2.54. The highest BCUT2D eigenvalue weighted by Crippen LogP contribution is 2.18. The van der Waals surface area contributed by atoms with Crippen LogP contribution in [0.2, 0.25) is 0 Å². The number of nitrogens with one attached hydrogen (secondary N) is 1. The average molecular weight is 313 g/mol. The van der Waals surface area contributed by atoms with Crippen LogP contribution < -0.4 is 10.2 Å². The topological polar surface area (TPSA) is 91.2 Å². The number of hydrogen-bond donors (Lipinski definition) is 2. The van der Waals surface area contributed by atoms with Crippen LogP contribution in [0.25, 0.3) is 0 Å². The normalized spacial score (nSPS) is 21.0. The third kappa shape index (κ3) is 3.62. The zero-order valence-corrected chi connectivity index (χ0v) is 12.9. The van der Waals surface area contributed by atoms with E-state index in [0.29, 0.717) is 25.2 Å². The highest BCUT2D eigenvalue weighted by molar-refractivity contribution is 5.92. The monoisotopic (exact) mass is 313 g/mol. The molecule has 1 amide bonds. The molecule has 0 spiro atoms. The summed E-state index contributed by atoms with van der Waals surface area (Å²) in [7, 11) is 0. The van der Waals surface area contributed by atoms with Gasteiger partial charge in [0.25, 0.3) is 5.91 Å². The molecule has 0 bridgehead atoms. The van der Waals surface area contributed by atoms with E-state index in [9.17, 15) is 9.90 Å². The molecule has 2 atom stereocenters. The second kappa shape index (κ2) is 6.70. The molecule has 2 aromatic heterocycles. The Bertz CT molecular complexity index is 662. The molecule has 0 aromatic carbocycles. The number of aromatic nitrogens is 3. The molecule has 120 valence electrons. The van der Waals surface area contributed by atoms with Crippen molar-refractivity contribution in [3.8, 4) is 0 Å². The number of nitrogens with zero attached hydrogens (tertiary/aromatic N) is 4. The molecule has 2 N–H and O–H groups in total. The fraction of sp³-hybridized carbons (Fsp3) is 0.375. The molecule has 2 aromatic rings. The summed E-state index contributed by atoms with van der Waals surface area (Å²) in [5.41, 5.74) is 1.21. The summed E-state index contributed by atoms with van der Waals surface area (Å²) in [5, 5.41) is 21.4. The predicted octanol–water partition coefficient (Wildman–Crippen LogP) is 0.550. The number of aliphatic hydroxyl groups excluding tert-OH is 1. The number of aliphatic hydroxyl groups is 1. The van der Waals surface area contributed by atoms with Crippen molar-refractivity contribution in [1.82, 2.24) is 20.5 Å². The number of amides is 1. The minimum absolute atomic E-state index is 0.266. The van der Waals surface area contributed by atoms with Crippen LogP contribution in [-0.2, 0) is 0 Å². The average Bonchev–Trinajstić information content (AvgIpc) is 2.58. The first-order chi connectivity index (χ1) is 11.1. The van der Waals surface area contributed by atoms with E-state index in [2.05, 4.69) is 20.5 Å². The third-order valence-electron chi connectivity index (χ3n) is 3.90. The fourth-order valence-corrected chi connectivity index (χ4v) is 2.61. The molecule has 3 rings (SSSR count). The van der Waals surface area contributed by atoms with Crippen molar-refractivity contribution in [3.05, 3.63) is 47.9 Å². The Labute approximate surface area is 134 Å². The van der Waals surface area contributed by atoms with Gasteiger partial charge in [0.2, 0.25) is 0 Å². The smallest absolute Gasteiger partial charge is 0.270 e. The second-order valence-electron chi connectivity index (χ2n) is 5.63. The van der Waals surface area contributed by atoms with Crippen molar-refractivity contribution in [3.63, 3.8) is 0 Å². The molecule has 7 heteroatoms. The van der Waals surface area contributed by atoms with Gasteiger partial charge in [0.1, 0.15) is 5.69 Å². The largest absolute Gasteiger partial charge is 0.389 e. The van der Waals surface area contributed by atoms with E-state index >= 15 is 0 Å². The van der Waals surface area contributed by atoms with Gasteiger partial charge in [-0.3, -0.25) is 9.78 Å². The van der Waals surface area contributed by atoms with Crippen LogP contribution in [0, 0.1) is 6.92 Å². The molecule has 2 unspecified atom stereocenters. The molecule has 7 nitrogen and oxygen atoms in total. The number of carbonyl (C=O) groups is 1. The van der Waals surface area contributed by atoms with Gasteiger partial charge < -0.3 is 15.3 Å². The lowest BCUT2D eigenvalue weighted by molar-refractivity contribution is 0.0793. The molecule has 1 aliphatic heterocycles.